The van der Waals surface area contributed by atoms with E-state index in [-0.39, 0.29) is 17.7 Å². The first-order chi connectivity index (χ1) is 14.9. The predicted molar refractivity (Wildman–Crippen MR) is 110 cm³/mol. The maximum atomic E-state index is 13.5. The van der Waals surface area contributed by atoms with E-state index in [1.165, 1.54) is 12.1 Å². The fourth-order valence-corrected chi connectivity index (χ4v) is 3.70. The number of hydrogen-bond acceptors (Lipinski definition) is 8. The minimum atomic E-state index is -1.03. The first-order valence-electron chi connectivity index (χ1n) is 9.80. The van der Waals surface area contributed by atoms with Gasteiger partial charge in [-0.05, 0) is 39.7 Å². The van der Waals surface area contributed by atoms with E-state index in [2.05, 4.69) is 36.5 Å². The monoisotopic (exact) mass is 494 g/mol. The maximum absolute atomic E-state index is 13.5. The smallest absolute Gasteiger partial charge is 0.330 e. The summed E-state index contributed by atoms with van der Waals surface area (Å²) in [5.41, 5.74) is 0. The van der Waals surface area contributed by atoms with Crippen LogP contribution in [0.1, 0.15) is 32.2 Å². The van der Waals surface area contributed by atoms with Crippen LogP contribution in [-0.4, -0.2) is 55.6 Å². The lowest BCUT2D eigenvalue weighted by Gasteiger charge is -2.32. The number of tetrazole rings is 1. The highest BCUT2D eigenvalue weighted by atomic mass is 79.9. The molecule has 1 atom stereocenters. The number of halogens is 2. The fraction of sp³-hybridized carbons (Fsp3) is 0.421. The van der Waals surface area contributed by atoms with Gasteiger partial charge >= 0.3 is 5.97 Å². The molecule has 1 fully saturated rings. The molecule has 0 radical (unpaired) electrons. The summed E-state index contributed by atoms with van der Waals surface area (Å²) < 4.78 is 25.5. The summed E-state index contributed by atoms with van der Waals surface area (Å²) in [6, 6.07) is 5.18. The highest BCUT2D eigenvalue weighted by Crippen LogP contribution is 2.30. The molecule has 3 heterocycles. The molecule has 1 saturated heterocycles. The molecule has 0 spiro atoms. The second-order valence-electron chi connectivity index (χ2n) is 7.12. The number of aliphatic carboxylic acids is 1. The number of rotatable bonds is 7. The molecule has 1 unspecified atom stereocenters. The number of carbonyl (C=O) groups is 1. The number of carboxylic acid groups (broad SMARTS) is 1. The maximum Gasteiger partial charge on any atom is 0.330 e. The van der Waals surface area contributed by atoms with Crippen LogP contribution in [0.25, 0.3) is 11.6 Å². The van der Waals surface area contributed by atoms with Crippen LogP contribution in [0.15, 0.2) is 33.3 Å². The second-order valence-corrected chi connectivity index (χ2v) is 7.98. The molecule has 2 aromatic heterocycles. The molecule has 164 valence electrons. The second kappa shape index (κ2) is 9.00. The van der Waals surface area contributed by atoms with Crippen LogP contribution < -0.4 is 9.64 Å². The summed E-state index contributed by atoms with van der Waals surface area (Å²) >= 11 is 3.38. The molecule has 1 aliphatic rings. The Balaban J connectivity index is 1.38. The first-order valence-corrected chi connectivity index (χ1v) is 10.6. The molecule has 3 aromatic rings. The SMILES string of the molecule is CCC(C(=O)O)n1nnc(-c2cc(N3CCC(Oc4cc(F)ccc4Br)CC3)no2)n1. The minimum absolute atomic E-state index is 0.0377. The van der Waals surface area contributed by atoms with Gasteiger partial charge in [0.15, 0.2) is 11.9 Å². The van der Waals surface area contributed by atoms with Crippen molar-refractivity contribution in [3.63, 3.8) is 0 Å². The Bertz CT molecular complexity index is 1070. The van der Waals surface area contributed by atoms with E-state index in [1.54, 1.807) is 19.1 Å². The molecule has 10 nitrogen and oxygen atoms in total. The highest BCUT2D eigenvalue weighted by Gasteiger charge is 2.26. The van der Waals surface area contributed by atoms with Crippen molar-refractivity contribution in [1.29, 1.82) is 0 Å². The van der Waals surface area contributed by atoms with Crippen LogP contribution in [0.4, 0.5) is 10.2 Å². The summed E-state index contributed by atoms with van der Waals surface area (Å²) in [5, 5.41) is 25.1. The third-order valence-electron chi connectivity index (χ3n) is 5.05. The number of piperidine rings is 1. The van der Waals surface area contributed by atoms with Crippen LogP contribution >= 0.6 is 15.9 Å². The van der Waals surface area contributed by atoms with Crippen molar-refractivity contribution >= 4 is 27.7 Å². The lowest BCUT2D eigenvalue weighted by atomic mass is 10.1. The Morgan fingerprint density at radius 2 is 2.16 bits per heavy atom. The summed E-state index contributed by atoms with van der Waals surface area (Å²) in [6.07, 6.45) is 1.76. The Labute approximate surface area is 185 Å². The number of anilines is 1. The number of aromatic nitrogens is 5. The van der Waals surface area contributed by atoms with Gasteiger partial charge in [-0.15, -0.1) is 15.0 Å². The van der Waals surface area contributed by atoms with E-state index in [1.807, 2.05) is 4.90 Å². The molecule has 1 aliphatic heterocycles. The van der Waals surface area contributed by atoms with E-state index < -0.39 is 12.0 Å². The lowest BCUT2D eigenvalue weighted by molar-refractivity contribution is -0.141. The Hall–Kier alpha value is -3.02. The standard InChI is InChI=1S/C19H20BrFN6O4/c1-2-14(19(28)29)27-23-18(22-25-27)16-10-17(24-31-16)26-7-5-12(6-8-26)30-15-9-11(21)3-4-13(15)20/h3-4,9-10,12,14H,2,5-8H2,1H3,(H,28,29). The summed E-state index contributed by atoms with van der Waals surface area (Å²) in [5.74, 6) is 0.228. The summed E-state index contributed by atoms with van der Waals surface area (Å²) in [6.45, 7) is 3.09. The topological polar surface area (TPSA) is 119 Å². The van der Waals surface area contributed by atoms with Gasteiger partial charge in [-0.25, -0.2) is 9.18 Å². The minimum Gasteiger partial charge on any atom is -0.489 e. The van der Waals surface area contributed by atoms with E-state index >= 15 is 0 Å². The molecule has 1 N–H and O–H groups in total. The molecule has 1 aromatic carbocycles. The molecule has 0 aliphatic carbocycles. The molecule has 31 heavy (non-hydrogen) atoms. The lowest BCUT2D eigenvalue weighted by Crippen LogP contribution is -2.38. The molecular weight excluding hydrogens is 475 g/mol. The van der Waals surface area contributed by atoms with E-state index in [0.29, 0.717) is 41.3 Å². The van der Waals surface area contributed by atoms with Crippen molar-refractivity contribution in [2.75, 3.05) is 18.0 Å². The zero-order chi connectivity index (χ0) is 22.0. The molecule has 0 saturated carbocycles. The average molecular weight is 495 g/mol. The van der Waals surface area contributed by atoms with Gasteiger partial charge in [0.1, 0.15) is 17.7 Å². The number of hydrogen-bond donors (Lipinski definition) is 1. The largest absolute Gasteiger partial charge is 0.489 e. The predicted octanol–water partition coefficient (Wildman–Crippen LogP) is 3.31. The van der Waals surface area contributed by atoms with Gasteiger partial charge in [-0.3, -0.25) is 0 Å². The number of benzene rings is 1. The van der Waals surface area contributed by atoms with Crippen molar-refractivity contribution in [3.8, 4) is 17.3 Å². The molecule has 4 rings (SSSR count). The van der Waals surface area contributed by atoms with Crippen molar-refractivity contribution in [2.45, 2.75) is 38.3 Å². The van der Waals surface area contributed by atoms with Gasteiger partial charge in [0.25, 0.3) is 0 Å². The third-order valence-corrected chi connectivity index (χ3v) is 5.70. The van der Waals surface area contributed by atoms with Gasteiger partial charge in [-0.2, -0.15) is 0 Å². The van der Waals surface area contributed by atoms with Crippen LogP contribution in [0.5, 0.6) is 5.75 Å². The Morgan fingerprint density at radius 3 is 2.87 bits per heavy atom. The quantitative estimate of drug-likeness (QED) is 0.527. The Kier molecular flexibility index (Phi) is 6.16. The van der Waals surface area contributed by atoms with E-state index in [9.17, 15) is 14.3 Å². The van der Waals surface area contributed by atoms with Crippen molar-refractivity contribution in [2.24, 2.45) is 0 Å². The van der Waals surface area contributed by atoms with Crippen molar-refractivity contribution < 1.29 is 23.6 Å². The molecule has 0 amide bonds. The third kappa shape index (κ3) is 4.68. The van der Waals surface area contributed by atoms with Gasteiger partial charge in [0.05, 0.1) is 4.47 Å². The first kappa shape index (κ1) is 21.2. The van der Waals surface area contributed by atoms with E-state index in [0.717, 1.165) is 17.6 Å². The van der Waals surface area contributed by atoms with Gasteiger partial charge in [0.2, 0.25) is 11.6 Å². The molecule has 0 bridgehead atoms. The van der Waals surface area contributed by atoms with Crippen LogP contribution in [0.3, 0.4) is 0 Å². The Morgan fingerprint density at radius 1 is 1.39 bits per heavy atom. The highest BCUT2D eigenvalue weighted by molar-refractivity contribution is 9.10. The van der Waals surface area contributed by atoms with Gasteiger partial charge < -0.3 is 19.3 Å². The zero-order valence-electron chi connectivity index (χ0n) is 16.6. The number of carboxylic acids is 1. The summed E-state index contributed by atoms with van der Waals surface area (Å²) in [7, 11) is 0. The fourth-order valence-electron chi connectivity index (χ4n) is 3.36. The van der Waals surface area contributed by atoms with Crippen molar-refractivity contribution in [1.82, 2.24) is 25.4 Å². The zero-order valence-corrected chi connectivity index (χ0v) is 18.2. The van der Waals surface area contributed by atoms with Gasteiger partial charge in [-0.1, -0.05) is 12.1 Å². The van der Waals surface area contributed by atoms with Crippen molar-refractivity contribution in [3.05, 3.63) is 34.6 Å². The van der Waals surface area contributed by atoms with Crippen LogP contribution in [-0.2, 0) is 4.79 Å². The number of nitrogens with zero attached hydrogens (tertiary/aromatic N) is 6. The van der Waals surface area contributed by atoms with Gasteiger partial charge in [0, 0.05) is 38.1 Å². The average Bonchev–Trinajstić information content (AvgIpc) is 3.42. The van der Waals surface area contributed by atoms with E-state index in [4.69, 9.17) is 9.26 Å². The molecule has 12 heteroatoms. The summed E-state index contributed by atoms with van der Waals surface area (Å²) in [4.78, 5) is 14.4. The normalized spacial score (nSPS) is 15.8. The van der Waals surface area contributed by atoms with Crippen LogP contribution in [0.2, 0.25) is 0 Å². The van der Waals surface area contributed by atoms with Crippen LogP contribution in [0, 0.1) is 5.82 Å². The number of ether oxygens (including phenoxy) is 1. The molecular formula is C19H20BrFN6O4.